The summed E-state index contributed by atoms with van der Waals surface area (Å²) in [6.45, 7) is 2.07. The number of nitrogen functional groups attached to an aromatic ring is 2. The van der Waals surface area contributed by atoms with E-state index in [4.69, 9.17) is 16.9 Å². The molecule has 0 unspecified atom stereocenters. The molecule has 0 fully saturated rings. The number of hydrogen-bond acceptors (Lipinski definition) is 6. The number of aryl methyl sites for hydroxylation is 1. The summed E-state index contributed by atoms with van der Waals surface area (Å²) in [6, 6.07) is 12.2. The first kappa shape index (κ1) is 17.8. The zero-order valence-corrected chi connectivity index (χ0v) is 16.3. The summed E-state index contributed by atoms with van der Waals surface area (Å²) >= 11 is 4.82. The van der Waals surface area contributed by atoms with Gasteiger partial charge in [-0.05, 0) is 36.4 Å². The van der Waals surface area contributed by atoms with Gasteiger partial charge >= 0.3 is 0 Å². The van der Waals surface area contributed by atoms with Gasteiger partial charge in [0.05, 0.1) is 9.09 Å². The Hall–Kier alpha value is -1.96. The minimum Gasteiger partial charge on any atom is -0.383 e. The molecule has 0 amide bonds. The summed E-state index contributed by atoms with van der Waals surface area (Å²) in [4.78, 5) is 7.26. The van der Waals surface area contributed by atoms with Crippen LogP contribution in [0.2, 0.25) is 0 Å². The minimum absolute atomic E-state index is 0.100. The number of thioether (sulfide) groups is 1. The van der Waals surface area contributed by atoms with E-state index in [1.54, 1.807) is 41.1 Å². The van der Waals surface area contributed by atoms with Gasteiger partial charge in [-0.3, -0.25) is 5.41 Å². The van der Waals surface area contributed by atoms with Crippen LogP contribution in [0.4, 0.5) is 5.82 Å². The zero-order chi connectivity index (χ0) is 18.0. The molecule has 0 atom stereocenters. The number of aromatic nitrogens is 1. The van der Waals surface area contributed by atoms with E-state index in [0.29, 0.717) is 5.82 Å². The average Bonchev–Trinajstić information content (AvgIpc) is 3.00. The molecule has 0 radical (unpaired) electrons. The topological polar surface area (TPSA) is 88.8 Å². The summed E-state index contributed by atoms with van der Waals surface area (Å²) in [5.74, 6) is 0.627. The quantitative estimate of drug-likeness (QED) is 0.331. The zero-order valence-electron chi connectivity index (χ0n) is 13.9. The monoisotopic (exact) mass is 386 g/mol. The molecule has 25 heavy (non-hydrogen) atoms. The molecule has 0 aliphatic rings. The van der Waals surface area contributed by atoms with Crippen LogP contribution in [0.15, 0.2) is 56.6 Å². The fourth-order valence-electron chi connectivity index (χ4n) is 2.43. The van der Waals surface area contributed by atoms with E-state index in [1.165, 1.54) is 0 Å². The van der Waals surface area contributed by atoms with Crippen molar-refractivity contribution in [3.05, 3.63) is 53.0 Å². The largest absolute Gasteiger partial charge is 0.383 e. The van der Waals surface area contributed by atoms with E-state index >= 15 is 0 Å². The summed E-state index contributed by atoms with van der Waals surface area (Å²) in [5.41, 5.74) is 14.9. The van der Waals surface area contributed by atoms with Crippen molar-refractivity contribution >= 4 is 46.5 Å². The first-order chi connectivity index (χ1) is 12.0. The second kappa shape index (κ2) is 7.51. The number of hydrogen-bond donors (Lipinski definition) is 3. The van der Waals surface area contributed by atoms with Gasteiger partial charge in [-0.1, -0.05) is 36.0 Å². The Morgan fingerprint density at radius 2 is 1.96 bits per heavy atom. The number of pyridine rings is 1. The van der Waals surface area contributed by atoms with Crippen LogP contribution in [0.25, 0.3) is 11.1 Å². The SMILES string of the molecule is CSc1sc(C(=N)N)cc1Sc1cnc(N)c(-c2ccccc2C)c1. The molecule has 1 aromatic carbocycles. The summed E-state index contributed by atoms with van der Waals surface area (Å²) in [5, 5.41) is 7.64. The third-order valence-corrected chi connectivity index (χ3v) is 7.24. The van der Waals surface area contributed by atoms with Crippen LogP contribution in [0.5, 0.6) is 0 Å². The number of rotatable bonds is 5. The number of thiophene rings is 1. The van der Waals surface area contributed by atoms with Crippen LogP contribution in [-0.2, 0) is 0 Å². The lowest BCUT2D eigenvalue weighted by Crippen LogP contribution is -2.08. The van der Waals surface area contributed by atoms with Crippen molar-refractivity contribution in [2.24, 2.45) is 5.73 Å². The molecule has 0 saturated carbocycles. The van der Waals surface area contributed by atoms with Crippen molar-refractivity contribution in [2.45, 2.75) is 20.9 Å². The predicted octanol–water partition coefficient (Wildman–Crippen LogP) is 4.86. The second-order valence-electron chi connectivity index (χ2n) is 5.40. The maximum Gasteiger partial charge on any atom is 0.133 e. The number of amidine groups is 1. The average molecular weight is 387 g/mol. The Morgan fingerprint density at radius 1 is 1.20 bits per heavy atom. The molecule has 0 spiro atoms. The number of nitrogens with two attached hydrogens (primary N) is 2. The molecule has 0 saturated heterocycles. The fourth-order valence-corrected chi connectivity index (χ4v) is 5.44. The van der Waals surface area contributed by atoms with Crippen molar-refractivity contribution in [3.8, 4) is 11.1 Å². The van der Waals surface area contributed by atoms with E-state index in [0.717, 1.165) is 35.6 Å². The van der Waals surface area contributed by atoms with Crippen LogP contribution >= 0.6 is 34.9 Å². The lowest BCUT2D eigenvalue weighted by Gasteiger charge is -2.10. The molecule has 128 valence electrons. The van der Waals surface area contributed by atoms with E-state index < -0.39 is 0 Å². The van der Waals surface area contributed by atoms with Crippen molar-refractivity contribution in [3.63, 3.8) is 0 Å². The Labute approximate surface area is 159 Å². The van der Waals surface area contributed by atoms with E-state index in [2.05, 4.69) is 30.1 Å². The van der Waals surface area contributed by atoms with Gasteiger partial charge in [0.2, 0.25) is 0 Å². The van der Waals surface area contributed by atoms with Gasteiger partial charge in [-0.15, -0.1) is 23.1 Å². The van der Waals surface area contributed by atoms with Gasteiger partial charge < -0.3 is 11.5 Å². The van der Waals surface area contributed by atoms with Gasteiger partial charge in [0.1, 0.15) is 11.7 Å². The molecule has 2 aromatic heterocycles. The number of benzene rings is 1. The van der Waals surface area contributed by atoms with E-state index in [-0.39, 0.29) is 5.84 Å². The highest BCUT2D eigenvalue weighted by molar-refractivity contribution is 8.03. The molecule has 0 bridgehead atoms. The third-order valence-electron chi connectivity index (χ3n) is 3.67. The van der Waals surface area contributed by atoms with E-state index in [9.17, 15) is 0 Å². The molecule has 3 aromatic rings. The minimum atomic E-state index is 0.100. The van der Waals surface area contributed by atoms with Gasteiger partial charge in [-0.2, -0.15) is 0 Å². The normalized spacial score (nSPS) is 10.8. The Balaban J connectivity index is 1.99. The lowest BCUT2D eigenvalue weighted by atomic mass is 10.0. The van der Waals surface area contributed by atoms with Crippen LogP contribution in [0.1, 0.15) is 10.4 Å². The summed E-state index contributed by atoms with van der Waals surface area (Å²) < 4.78 is 1.14. The third kappa shape index (κ3) is 3.84. The highest BCUT2D eigenvalue weighted by Crippen LogP contribution is 2.41. The van der Waals surface area contributed by atoms with Crippen LogP contribution < -0.4 is 11.5 Å². The van der Waals surface area contributed by atoms with Crippen LogP contribution in [-0.4, -0.2) is 17.1 Å². The molecule has 7 heteroatoms. The van der Waals surface area contributed by atoms with Gasteiger partial charge in [0.15, 0.2) is 0 Å². The molecule has 3 rings (SSSR count). The Morgan fingerprint density at radius 3 is 2.64 bits per heavy atom. The number of anilines is 1. The van der Waals surface area contributed by atoms with Crippen molar-refractivity contribution in [2.75, 3.05) is 12.0 Å². The number of nitrogens with zero attached hydrogens (tertiary/aromatic N) is 1. The fraction of sp³-hybridized carbons (Fsp3) is 0.111. The molecule has 0 aliphatic carbocycles. The molecular formula is C18H18N4S3. The maximum absolute atomic E-state index is 7.64. The highest BCUT2D eigenvalue weighted by atomic mass is 32.2. The molecule has 4 nitrogen and oxygen atoms in total. The molecule has 5 N–H and O–H groups in total. The maximum atomic E-state index is 7.64. The molecular weight excluding hydrogens is 368 g/mol. The van der Waals surface area contributed by atoms with Crippen molar-refractivity contribution in [1.29, 1.82) is 5.41 Å². The first-order valence-corrected chi connectivity index (χ1v) is 10.4. The molecule has 0 aliphatic heterocycles. The first-order valence-electron chi connectivity index (χ1n) is 7.51. The highest BCUT2D eigenvalue weighted by Gasteiger charge is 2.14. The Kier molecular flexibility index (Phi) is 5.36. The summed E-state index contributed by atoms with van der Waals surface area (Å²) in [6.07, 6.45) is 3.82. The number of nitrogens with one attached hydrogen (secondary N) is 1. The van der Waals surface area contributed by atoms with Crippen molar-refractivity contribution < 1.29 is 0 Å². The van der Waals surface area contributed by atoms with Crippen LogP contribution in [0.3, 0.4) is 0 Å². The van der Waals surface area contributed by atoms with Crippen molar-refractivity contribution in [1.82, 2.24) is 4.98 Å². The lowest BCUT2D eigenvalue weighted by molar-refractivity contribution is 1.24. The predicted molar refractivity (Wildman–Crippen MR) is 110 cm³/mol. The van der Waals surface area contributed by atoms with Gasteiger partial charge in [0, 0.05) is 21.6 Å². The van der Waals surface area contributed by atoms with Gasteiger partial charge in [-0.25, -0.2) is 4.98 Å². The standard InChI is InChI=1S/C18H18N4S3/c1-10-5-3-4-6-12(10)13-7-11(9-22-17(13)21)24-15-8-14(16(19)20)25-18(15)23-2/h3-9H,1-2H3,(H3,19,20)(H2,21,22). The van der Waals surface area contributed by atoms with E-state index in [1.807, 2.05) is 24.5 Å². The smallest absolute Gasteiger partial charge is 0.133 e. The molecule has 2 heterocycles. The summed E-state index contributed by atoms with van der Waals surface area (Å²) in [7, 11) is 0. The Bertz CT molecular complexity index is 934. The second-order valence-corrected chi connectivity index (χ2v) is 8.64. The van der Waals surface area contributed by atoms with Crippen LogP contribution in [0, 0.1) is 12.3 Å². The van der Waals surface area contributed by atoms with Gasteiger partial charge in [0.25, 0.3) is 0 Å².